The second kappa shape index (κ2) is 9.15. The molecule has 0 aromatic heterocycles. The van der Waals surface area contributed by atoms with Gasteiger partial charge >= 0.3 is 5.97 Å². The zero-order valence-corrected chi connectivity index (χ0v) is 11.8. The van der Waals surface area contributed by atoms with E-state index in [0.717, 1.165) is 12.3 Å². The molecule has 102 valence electrons. The molecule has 0 N–H and O–H groups in total. The van der Waals surface area contributed by atoms with Crippen molar-refractivity contribution >= 4 is 16.1 Å². The summed E-state index contributed by atoms with van der Waals surface area (Å²) in [7, 11) is 0.495. The van der Waals surface area contributed by atoms with Crippen LogP contribution in [0.4, 0.5) is 0 Å². The molecule has 7 heteroatoms. The number of esters is 1. The van der Waals surface area contributed by atoms with Crippen LogP contribution in [0.3, 0.4) is 0 Å². The van der Waals surface area contributed by atoms with Crippen LogP contribution in [-0.4, -0.2) is 52.5 Å². The Morgan fingerprint density at radius 2 is 1.94 bits per heavy atom. The van der Waals surface area contributed by atoms with Crippen LogP contribution in [0.15, 0.2) is 12.7 Å². The van der Waals surface area contributed by atoms with Crippen molar-refractivity contribution in [3.8, 4) is 0 Å². The fraction of sp³-hybridized carbons (Fsp3) is 0.700. The van der Waals surface area contributed by atoms with E-state index < -0.39 is 10.1 Å². The van der Waals surface area contributed by atoms with E-state index in [1.807, 2.05) is 14.1 Å². The lowest BCUT2D eigenvalue weighted by Crippen LogP contribution is -2.29. The van der Waals surface area contributed by atoms with E-state index in [2.05, 4.69) is 10.8 Å². The number of nitrogens with zero attached hydrogens (tertiary/aromatic N) is 1. The van der Waals surface area contributed by atoms with Gasteiger partial charge in [0, 0.05) is 6.08 Å². The molecular weight excluding hydrogens is 246 g/mol. The first kappa shape index (κ1) is 18.4. The lowest BCUT2D eigenvalue weighted by molar-refractivity contribution is -0.149. The van der Waals surface area contributed by atoms with Gasteiger partial charge in [0.25, 0.3) is 10.1 Å². The van der Waals surface area contributed by atoms with Gasteiger partial charge in [-0.1, -0.05) is 6.58 Å². The number of hydrogen-bond acceptors (Lipinski definition) is 6. The minimum atomic E-state index is -3.17. The van der Waals surface area contributed by atoms with Crippen LogP contribution in [0, 0.1) is 0 Å². The van der Waals surface area contributed by atoms with E-state index in [-0.39, 0.29) is 18.8 Å². The Kier molecular flexibility index (Phi) is 9.92. The molecule has 6 nitrogen and oxygen atoms in total. The number of rotatable bonds is 5. The van der Waals surface area contributed by atoms with E-state index in [4.69, 9.17) is 4.74 Å². The Bertz CT molecular complexity index is 324. The van der Waals surface area contributed by atoms with Gasteiger partial charge in [-0.15, -0.1) is 0 Å². The van der Waals surface area contributed by atoms with Crippen LogP contribution in [0.2, 0.25) is 0 Å². The third-order valence-electron chi connectivity index (χ3n) is 1.51. The van der Waals surface area contributed by atoms with Crippen LogP contribution < -0.4 is 0 Å². The average Bonchev–Trinajstić information content (AvgIpc) is 2.16. The summed E-state index contributed by atoms with van der Waals surface area (Å²) in [4.78, 5) is 12.4. The second-order valence-corrected chi connectivity index (χ2v) is 4.96. The number of hydrogen-bond donors (Lipinski definition) is 0. The van der Waals surface area contributed by atoms with Crippen LogP contribution in [0.5, 0.6) is 0 Å². The van der Waals surface area contributed by atoms with Crippen molar-refractivity contribution in [2.24, 2.45) is 0 Å². The highest BCUT2D eigenvalue weighted by molar-refractivity contribution is 7.85. The third kappa shape index (κ3) is 15.1. The van der Waals surface area contributed by atoms with Gasteiger partial charge in [-0.3, -0.25) is 9.08 Å². The molecule has 0 aliphatic carbocycles. The molecule has 0 rings (SSSR count). The Morgan fingerprint density at radius 1 is 1.47 bits per heavy atom. The van der Waals surface area contributed by atoms with Crippen molar-refractivity contribution < 1.29 is 22.1 Å². The van der Waals surface area contributed by atoms with Gasteiger partial charge in [-0.05, 0) is 27.9 Å². The monoisotopic (exact) mass is 267 g/mol. The van der Waals surface area contributed by atoms with Gasteiger partial charge in [0.05, 0.1) is 12.9 Å². The molecule has 1 atom stereocenters. The molecule has 0 aromatic rings. The maximum absolute atomic E-state index is 10.6. The molecule has 0 fully saturated rings. The molecule has 0 radical (unpaired) electrons. The van der Waals surface area contributed by atoms with Crippen molar-refractivity contribution in [1.82, 2.24) is 4.90 Å². The van der Waals surface area contributed by atoms with E-state index >= 15 is 0 Å². The molecule has 0 amide bonds. The fourth-order valence-corrected chi connectivity index (χ4v) is 0.964. The predicted molar refractivity (Wildman–Crippen MR) is 65.9 cm³/mol. The Hall–Kier alpha value is -0.920. The summed E-state index contributed by atoms with van der Waals surface area (Å²) < 4.78 is 29.0. The highest BCUT2D eigenvalue weighted by atomic mass is 32.2. The summed E-state index contributed by atoms with van der Waals surface area (Å²) in [5.41, 5.74) is 0. The molecule has 0 saturated carbocycles. The van der Waals surface area contributed by atoms with Gasteiger partial charge in [0.2, 0.25) is 0 Å². The SMILES string of the molecule is C=CC(=O)OC(C)N(C)C.CCOS(C)(=O)=O. The first-order valence-corrected chi connectivity index (χ1v) is 6.79. The van der Waals surface area contributed by atoms with Crippen molar-refractivity contribution in [3.63, 3.8) is 0 Å². The maximum Gasteiger partial charge on any atom is 0.331 e. The van der Waals surface area contributed by atoms with Crippen molar-refractivity contribution in [3.05, 3.63) is 12.7 Å². The first-order valence-electron chi connectivity index (χ1n) is 4.97. The lowest BCUT2D eigenvalue weighted by Gasteiger charge is -2.18. The summed E-state index contributed by atoms with van der Waals surface area (Å²) in [6.45, 7) is 6.92. The van der Waals surface area contributed by atoms with Crippen LogP contribution in [0.1, 0.15) is 13.8 Å². The van der Waals surface area contributed by atoms with E-state index in [0.29, 0.717) is 0 Å². The van der Waals surface area contributed by atoms with E-state index in [1.54, 1.807) is 18.7 Å². The molecule has 0 saturated heterocycles. The third-order valence-corrected chi connectivity index (χ3v) is 2.18. The summed E-state index contributed by atoms with van der Waals surface area (Å²) in [6.07, 6.45) is 1.99. The molecular formula is C10H21NO5S. The quantitative estimate of drug-likeness (QED) is 0.314. The molecule has 0 heterocycles. The van der Waals surface area contributed by atoms with Crippen molar-refractivity contribution in [1.29, 1.82) is 0 Å². The molecule has 1 unspecified atom stereocenters. The maximum atomic E-state index is 10.6. The molecule has 17 heavy (non-hydrogen) atoms. The fourth-order valence-electron chi connectivity index (χ4n) is 0.536. The smallest absolute Gasteiger partial charge is 0.331 e. The molecule has 0 aliphatic rings. The van der Waals surface area contributed by atoms with Gasteiger partial charge in [-0.2, -0.15) is 8.42 Å². The Labute approximate surface area is 103 Å². The van der Waals surface area contributed by atoms with E-state index in [1.165, 1.54) is 0 Å². The van der Waals surface area contributed by atoms with E-state index in [9.17, 15) is 13.2 Å². The molecule has 0 aromatic carbocycles. The topological polar surface area (TPSA) is 72.9 Å². The average molecular weight is 267 g/mol. The highest BCUT2D eigenvalue weighted by Crippen LogP contribution is 1.94. The van der Waals surface area contributed by atoms with Gasteiger partial charge in [0.15, 0.2) is 6.23 Å². The summed E-state index contributed by atoms with van der Waals surface area (Å²) in [5.74, 6) is -0.388. The summed E-state index contributed by atoms with van der Waals surface area (Å²) in [5, 5.41) is 0. The largest absolute Gasteiger partial charge is 0.444 e. The molecule has 0 spiro atoms. The molecule has 0 bridgehead atoms. The first-order chi connectivity index (χ1) is 7.64. The van der Waals surface area contributed by atoms with Gasteiger partial charge < -0.3 is 4.74 Å². The lowest BCUT2D eigenvalue weighted by atomic mass is 10.6. The second-order valence-electron chi connectivity index (χ2n) is 3.31. The Balaban J connectivity index is 0. The van der Waals surface area contributed by atoms with Crippen molar-refractivity contribution in [2.45, 2.75) is 20.1 Å². The van der Waals surface area contributed by atoms with Crippen molar-refractivity contribution in [2.75, 3.05) is 27.0 Å². The van der Waals surface area contributed by atoms with Crippen LogP contribution in [0.25, 0.3) is 0 Å². The number of ether oxygens (including phenoxy) is 1. The zero-order valence-electron chi connectivity index (χ0n) is 11.0. The number of carbonyl (C=O) groups excluding carboxylic acids is 1. The zero-order chi connectivity index (χ0) is 14.1. The minimum absolute atomic E-state index is 0.189. The van der Waals surface area contributed by atoms with Gasteiger partial charge in [0.1, 0.15) is 0 Å². The minimum Gasteiger partial charge on any atom is -0.444 e. The van der Waals surface area contributed by atoms with Gasteiger partial charge in [-0.25, -0.2) is 4.79 Å². The molecule has 0 aliphatic heterocycles. The predicted octanol–water partition coefficient (Wildman–Crippen LogP) is 0.606. The Morgan fingerprint density at radius 3 is 2.12 bits per heavy atom. The highest BCUT2D eigenvalue weighted by Gasteiger charge is 2.06. The summed E-state index contributed by atoms with van der Waals surface area (Å²) >= 11 is 0. The summed E-state index contributed by atoms with van der Waals surface area (Å²) in [6, 6.07) is 0. The van der Waals surface area contributed by atoms with Crippen LogP contribution >= 0.6 is 0 Å². The normalized spacial score (nSPS) is 12.4. The van der Waals surface area contributed by atoms with Crippen LogP contribution in [-0.2, 0) is 23.8 Å². The standard InChI is InChI=1S/C7H13NO2.C3H8O3S/c1-5-7(9)10-6(2)8(3)4;1-3-6-7(2,4)5/h5-6H,1H2,2-4H3;3H2,1-2H3. The number of carbonyl (C=O) groups is 1.